The Labute approximate surface area is 215 Å². The van der Waals surface area contributed by atoms with Gasteiger partial charge in [-0.15, -0.1) is 12.4 Å². The first-order chi connectivity index (χ1) is 16.0. The summed E-state index contributed by atoms with van der Waals surface area (Å²) in [5.74, 6) is 0.921. The lowest BCUT2D eigenvalue weighted by molar-refractivity contribution is -0.128. The topological polar surface area (TPSA) is 110 Å². The number of ketones is 1. The van der Waals surface area contributed by atoms with Crippen LogP contribution in [0.3, 0.4) is 0 Å². The number of hydrogen-bond acceptors (Lipinski definition) is 6. The number of fused-ring (bicyclic) bond motifs is 3. The fraction of sp³-hybridized carbons (Fsp3) is 0.731. The van der Waals surface area contributed by atoms with E-state index in [1.165, 1.54) is 0 Å². The molecule has 4 aliphatic rings. The normalized spacial score (nSPS) is 32.9. The van der Waals surface area contributed by atoms with Crippen molar-refractivity contribution >= 4 is 28.2 Å². The molecule has 7 nitrogen and oxygen atoms in total. The number of carbonyl (C=O) groups excluding carboxylic acids is 1. The van der Waals surface area contributed by atoms with Gasteiger partial charge in [0.15, 0.2) is 0 Å². The molecule has 196 valence electrons. The molecule has 1 aromatic rings. The summed E-state index contributed by atoms with van der Waals surface area (Å²) in [7, 11) is -3.53. The van der Waals surface area contributed by atoms with Crippen LogP contribution in [0.15, 0.2) is 12.1 Å². The summed E-state index contributed by atoms with van der Waals surface area (Å²) >= 11 is 0. The number of aromatic hydroxyl groups is 1. The number of benzene rings is 1. The lowest BCUT2D eigenvalue weighted by atomic mass is 9.70. The van der Waals surface area contributed by atoms with E-state index in [0.717, 1.165) is 23.1 Å². The summed E-state index contributed by atoms with van der Waals surface area (Å²) in [6, 6.07) is 3.89. The standard InChI is InChI=1S/C26H38N2O5S.ClH/c1-16-4-5-19-20(24(16)30)13-21(33-22(19)14-27)17-7-10-28(11-8-17)34(31,32)15-26-9-6-18(12-23(26)29)25(26,2)3;/h4-5,17-18,21-22,30H,6-15,27H2,1-3H3;1H/t18?,21-,22-,26?;/m0./s1. The smallest absolute Gasteiger partial charge is 0.215 e. The van der Waals surface area contributed by atoms with E-state index in [9.17, 15) is 18.3 Å². The van der Waals surface area contributed by atoms with Gasteiger partial charge >= 0.3 is 0 Å². The fourth-order valence-corrected chi connectivity index (χ4v) is 9.57. The molecule has 5 rings (SSSR count). The molecule has 2 bridgehead atoms. The summed E-state index contributed by atoms with van der Waals surface area (Å²) in [6.07, 6.45) is 3.84. The van der Waals surface area contributed by atoms with Gasteiger partial charge in [0, 0.05) is 43.5 Å². The van der Waals surface area contributed by atoms with Crippen molar-refractivity contribution in [3.63, 3.8) is 0 Å². The molecular weight excluding hydrogens is 488 g/mol. The van der Waals surface area contributed by atoms with Crippen LogP contribution in [0, 0.1) is 29.6 Å². The Bertz CT molecular complexity index is 1100. The predicted molar refractivity (Wildman–Crippen MR) is 137 cm³/mol. The van der Waals surface area contributed by atoms with E-state index in [4.69, 9.17) is 10.5 Å². The number of sulfonamides is 1. The Balaban J connectivity index is 0.00000289. The van der Waals surface area contributed by atoms with E-state index in [1.54, 1.807) is 4.31 Å². The summed E-state index contributed by atoms with van der Waals surface area (Å²) < 4.78 is 34.9. The first-order valence-corrected chi connectivity index (χ1v) is 14.3. The van der Waals surface area contributed by atoms with Crippen LogP contribution in [0.25, 0.3) is 0 Å². The third-order valence-corrected chi connectivity index (χ3v) is 11.8. The highest BCUT2D eigenvalue weighted by Crippen LogP contribution is 2.64. The largest absolute Gasteiger partial charge is 0.507 e. The van der Waals surface area contributed by atoms with Crippen LogP contribution in [0.1, 0.15) is 68.7 Å². The molecule has 3 fully saturated rings. The number of carbonyl (C=O) groups is 1. The van der Waals surface area contributed by atoms with E-state index < -0.39 is 15.4 Å². The van der Waals surface area contributed by atoms with Gasteiger partial charge in [-0.25, -0.2) is 12.7 Å². The Morgan fingerprint density at radius 2 is 1.86 bits per heavy atom. The van der Waals surface area contributed by atoms with Crippen LogP contribution in [0.5, 0.6) is 5.75 Å². The first kappa shape index (κ1) is 26.9. The SMILES string of the molecule is Cc1ccc2c(c1O)C[C@@H](C1CCN(S(=O)(=O)CC34CCC(CC3=O)C4(C)C)CC1)O[C@H]2CN.Cl. The molecule has 2 aliphatic heterocycles. The highest BCUT2D eigenvalue weighted by molar-refractivity contribution is 7.89. The number of phenols is 1. The lowest BCUT2D eigenvalue weighted by Gasteiger charge is -2.41. The van der Waals surface area contributed by atoms with Crippen LogP contribution >= 0.6 is 12.4 Å². The summed E-state index contributed by atoms with van der Waals surface area (Å²) in [6.45, 7) is 7.29. The zero-order valence-electron chi connectivity index (χ0n) is 21.0. The Hall–Kier alpha value is -1.19. The second kappa shape index (κ2) is 9.28. The number of aryl methyl sites for hydroxylation is 1. The molecule has 1 aromatic carbocycles. The van der Waals surface area contributed by atoms with E-state index in [1.807, 2.05) is 19.1 Å². The van der Waals surface area contributed by atoms with Gasteiger partial charge in [-0.1, -0.05) is 26.0 Å². The molecule has 1 saturated heterocycles. The van der Waals surface area contributed by atoms with E-state index >= 15 is 0 Å². The third kappa shape index (κ3) is 4.13. The number of nitrogens with two attached hydrogens (primary N) is 1. The van der Waals surface area contributed by atoms with Gasteiger partial charge in [-0.05, 0) is 61.0 Å². The molecular formula is C26H39ClN2O5S. The van der Waals surface area contributed by atoms with Crippen molar-refractivity contribution in [2.75, 3.05) is 25.4 Å². The summed E-state index contributed by atoms with van der Waals surface area (Å²) in [5, 5.41) is 10.7. The predicted octanol–water partition coefficient (Wildman–Crippen LogP) is 3.50. The maximum Gasteiger partial charge on any atom is 0.215 e. The number of hydrogen-bond donors (Lipinski definition) is 2. The van der Waals surface area contributed by atoms with Crippen molar-refractivity contribution in [3.05, 3.63) is 28.8 Å². The van der Waals surface area contributed by atoms with Crippen LogP contribution in [-0.4, -0.2) is 55.1 Å². The zero-order chi connectivity index (χ0) is 24.5. The molecule has 2 heterocycles. The molecule has 35 heavy (non-hydrogen) atoms. The van der Waals surface area contributed by atoms with Crippen LogP contribution in [-0.2, 0) is 26.0 Å². The summed E-state index contributed by atoms with van der Waals surface area (Å²) in [4.78, 5) is 12.9. The van der Waals surface area contributed by atoms with Crippen molar-refractivity contribution in [3.8, 4) is 5.75 Å². The minimum atomic E-state index is -3.53. The number of Topliss-reactive ketones (excluding diaryl/α,β-unsaturated/α-hetero) is 1. The molecule has 4 atom stereocenters. The second-order valence-electron chi connectivity index (χ2n) is 11.6. The molecule has 2 unspecified atom stereocenters. The Morgan fingerprint density at radius 1 is 1.17 bits per heavy atom. The van der Waals surface area contributed by atoms with Crippen molar-refractivity contribution in [2.24, 2.45) is 28.4 Å². The number of rotatable bonds is 5. The van der Waals surface area contributed by atoms with Crippen molar-refractivity contribution < 1.29 is 23.1 Å². The molecule has 2 saturated carbocycles. The van der Waals surface area contributed by atoms with Crippen molar-refractivity contribution in [1.82, 2.24) is 4.31 Å². The van der Waals surface area contributed by atoms with Gasteiger partial charge in [-0.3, -0.25) is 4.79 Å². The Morgan fingerprint density at radius 3 is 2.43 bits per heavy atom. The van der Waals surface area contributed by atoms with E-state index in [-0.39, 0.29) is 47.5 Å². The van der Waals surface area contributed by atoms with Crippen LogP contribution in [0.4, 0.5) is 0 Å². The Kier molecular flexibility index (Phi) is 7.12. The van der Waals surface area contributed by atoms with E-state index in [2.05, 4.69) is 13.8 Å². The molecule has 0 radical (unpaired) electrons. The average molecular weight is 527 g/mol. The van der Waals surface area contributed by atoms with Gasteiger partial charge in [0.05, 0.1) is 18.0 Å². The maximum absolute atomic E-state index is 13.5. The third-order valence-electron chi connectivity index (χ3n) is 9.81. The lowest BCUT2D eigenvalue weighted by Crippen LogP contribution is -2.49. The number of piperidine rings is 1. The molecule has 0 spiro atoms. The van der Waals surface area contributed by atoms with Gasteiger partial charge in [0.2, 0.25) is 10.0 Å². The maximum atomic E-state index is 13.5. The van der Waals surface area contributed by atoms with Crippen LogP contribution in [0.2, 0.25) is 0 Å². The second-order valence-corrected chi connectivity index (χ2v) is 13.5. The molecule has 0 aromatic heterocycles. The quantitative estimate of drug-likeness (QED) is 0.607. The highest BCUT2D eigenvalue weighted by Gasteiger charge is 2.65. The number of ether oxygens (including phenoxy) is 1. The monoisotopic (exact) mass is 526 g/mol. The zero-order valence-corrected chi connectivity index (χ0v) is 22.6. The summed E-state index contributed by atoms with van der Waals surface area (Å²) in [5.41, 5.74) is 7.73. The van der Waals surface area contributed by atoms with Crippen molar-refractivity contribution in [1.29, 1.82) is 0 Å². The number of phenolic OH excluding ortho intramolecular Hbond substituents is 1. The van der Waals surface area contributed by atoms with Gasteiger partial charge in [0.25, 0.3) is 0 Å². The number of nitrogens with zero attached hydrogens (tertiary/aromatic N) is 1. The minimum absolute atomic E-state index is 0. The van der Waals surface area contributed by atoms with Crippen molar-refractivity contribution in [2.45, 2.75) is 71.5 Å². The highest BCUT2D eigenvalue weighted by atomic mass is 35.5. The van der Waals surface area contributed by atoms with E-state index in [0.29, 0.717) is 63.4 Å². The number of halogens is 1. The molecule has 0 amide bonds. The molecule has 3 N–H and O–H groups in total. The van der Waals surface area contributed by atoms with Gasteiger partial charge in [0.1, 0.15) is 11.5 Å². The molecule has 2 aliphatic carbocycles. The van der Waals surface area contributed by atoms with Crippen LogP contribution < -0.4 is 5.73 Å². The molecule has 9 heteroatoms. The average Bonchev–Trinajstić information content (AvgIpc) is 3.15. The van der Waals surface area contributed by atoms with Gasteiger partial charge in [-0.2, -0.15) is 0 Å². The van der Waals surface area contributed by atoms with Gasteiger partial charge < -0.3 is 15.6 Å². The fourth-order valence-electron chi connectivity index (χ4n) is 7.32. The minimum Gasteiger partial charge on any atom is -0.507 e. The first-order valence-electron chi connectivity index (χ1n) is 12.7.